The van der Waals surface area contributed by atoms with Gasteiger partial charge >= 0.3 is 0 Å². The van der Waals surface area contributed by atoms with Crippen molar-refractivity contribution in [3.63, 3.8) is 0 Å². The molecule has 0 fully saturated rings. The average Bonchev–Trinajstić information content (AvgIpc) is 3.66. The molecule has 230 valence electrons. The minimum absolute atomic E-state index is 0.0639. The maximum Gasteiger partial charge on any atom is 0.0739 e. The van der Waals surface area contributed by atoms with E-state index < -0.39 is 5.41 Å². The molecule has 48 heavy (non-hydrogen) atoms. The number of hydrogen-bond acceptors (Lipinski definition) is 1. The highest BCUT2D eigenvalue weighted by molar-refractivity contribution is 6.33. The van der Waals surface area contributed by atoms with Crippen molar-refractivity contribution in [3.05, 3.63) is 209 Å². The molecule has 0 amide bonds. The molecule has 0 N–H and O–H groups in total. The van der Waals surface area contributed by atoms with Gasteiger partial charge in [0.05, 0.1) is 11.5 Å². The fourth-order valence-corrected chi connectivity index (χ4v) is 8.76. The molecule has 0 saturated heterocycles. The van der Waals surface area contributed by atoms with Gasteiger partial charge in [0, 0.05) is 48.0 Å². The van der Waals surface area contributed by atoms with Crippen molar-refractivity contribution in [1.82, 2.24) is 4.57 Å². The molecule has 2 aliphatic rings. The van der Waals surface area contributed by atoms with Gasteiger partial charge < -0.3 is 9.47 Å². The third-order valence-electron chi connectivity index (χ3n) is 10.5. The number of para-hydroxylation sites is 2. The Labute approximate surface area is 282 Å². The van der Waals surface area contributed by atoms with Crippen molar-refractivity contribution < 1.29 is 0 Å². The van der Waals surface area contributed by atoms with Crippen molar-refractivity contribution in [2.75, 3.05) is 11.9 Å². The maximum atomic E-state index is 2.56. The number of allylic oxidation sites excluding steroid dienone is 2. The number of hydrogen-bond donors (Lipinski definition) is 0. The van der Waals surface area contributed by atoms with Gasteiger partial charge in [-0.3, -0.25) is 0 Å². The first-order chi connectivity index (χ1) is 23.7. The predicted molar refractivity (Wildman–Crippen MR) is 202 cm³/mol. The van der Waals surface area contributed by atoms with Gasteiger partial charge in [-0.1, -0.05) is 158 Å². The molecule has 2 atom stereocenters. The summed E-state index contributed by atoms with van der Waals surface area (Å²) in [5.74, 6) is 0. The van der Waals surface area contributed by atoms with E-state index in [-0.39, 0.29) is 6.04 Å². The molecule has 0 unspecified atom stereocenters. The molecule has 7 aromatic rings. The zero-order chi connectivity index (χ0) is 32.2. The third-order valence-corrected chi connectivity index (χ3v) is 10.5. The van der Waals surface area contributed by atoms with E-state index in [1.165, 1.54) is 72.3 Å². The largest absolute Gasteiger partial charge is 0.365 e. The number of benzene rings is 6. The van der Waals surface area contributed by atoms with Gasteiger partial charge in [0.25, 0.3) is 0 Å². The summed E-state index contributed by atoms with van der Waals surface area (Å²) in [6, 6.07) is 62.4. The Morgan fingerprint density at radius 3 is 1.62 bits per heavy atom. The smallest absolute Gasteiger partial charge is 0.0739 e. The van der Waals surface area contributed by atoms with Gasteiger partial charge in [0.1, 0.15) is 0 Å². The first-order valence-electron chi connectivity index (χ1n) is 16.8. The predicted octanol–water partition coefficient (Wildman–Crippen LogP) is 10.8. The van der Waals surface area contributed by atoms with Crippen molar-refractivity contribution in [3.8, 4) is 0 Å². The zero-order valence-corrected chi connectivity index (χ0v) is 27.2. The second-order valence-corrected chi connectivity index (χ2v) is 13.0. The lowest BCUT2D eigenvalue weighted by Gasteiger charge is -2.52. The van der Waals surface area contributed by atoms with E-state index >= 15 is 0 Å². The molecule has 1 aliphatic carbocycles. The molecule has 9 rings (SSSR count). The Balaban J connectivity index is 1.57. The second kappa shape index (κ2) is 11.1. The van der Waals surface area contributed by atoms with Crippen molar-refractivity contribution in [2.24, 2.45) is 7.05 Å². The van der Waals surface area contributed by atoms with Gasteiger partial charge in [-0.25, -0.2) is 0 Å². The lowest BCUT2D eigenvalue weighted by molar-refractivity contribution is 0.522. The van der Waals surface area contributed by atoms with Crippen LogP contribution in [0.15, 0.2) is 176 Å². The summed E-state index contributed by atoms with van der Waals surface area (Å²) >= 11 is 0. The SMILES string of the molecule is CN1c2ccccc2C2=C(c3ccccc3)C(c3ccccc3)=C(c3ccccc3)[C@@]2(c2ccccc2)[C@H]1c1cn(C)c2ccccc12. The highest BCUT2D eigenvalue weighted by Crippen LogP contribution is 2.70. The van der Waals surface area contributed by atoms with Crippen LogP contribution in [0.2, 0.25) is 0 Å². The molecular weight excluding hydrogens is 581 g/mol. The summed E-state index contributed by atoms with van der Waals surface area (Å²) in [6.45, 7) is 0. The highest BCUT2D eigenvalue weighted by Gasteiger charge is 2.59. The fourth-order valence-electron chi connectivity index (χ4n) is 8.76. The van der Waals surface area contributed by atoms with E-state index in [4.69, 9.17) is 0 Å². The summed E-state index contributed by atoms with van der Waals surface area (Å²) in [5.41, 5.74) is 14.8. The number of likely N-dealkylation sites (N-methyl/N-ethyl adjacent to an activating group) is 1. The number of fused-ring (bicyclic) bond motifs is 4. The zero-order valence-electron chi connectivity index (χ0n) is 27.2. The summed E-state index contributed by atoms with van der Waals surface area (Å²) in [4.78, 5) is 2.56. The van der Waals surface area contributed by atoms with Crippen LogP contribution in [0.4, 0.5) is 5.69 Å². The van der Waals surface area contributed by atoms with Gasteiger partial charge in [-0.15, -0.1) is 0 Å². The van der Waals surface area contributed by atoms with E-state index in [1.54, 1.807) is 0 Å². The monoisotopic (exact) mass is 616 g/mol. The number of rotatable bonds is 5. The van der Waals surface area contributed by atoms with Crippen LogP contribution >= 0.6 is 0 Å². The molecule has 0 saturated carbocycles. The van der Waals surface area contributed by atoms with Gasteiger partial charge in [-0.2, -0.15) is 0 Å². The number of aryl methyl sites for hydroxylation is 1. The molecule has 2 nitrogen and oxygen atoms in total. The van der Waals surface area contributed by atoms with Gasteiger partial charge in [0.2, 0.25) is 0 Å². The Morgan fingerprint density at radius 1 is 0.479 bits per heavy atom. The Morgan fingerprint density at radius 2 is 0.979 bits per heavy atom. The maximum absolute atomic E-state index is 2.56. The van der Waals surface area contributed by atoms with E-state index in [0.29, 0.717) is 0 Å². The molecule has 1 aromatic heterocycles. The Hall–Kier alpha value is -5.86. The van der Waals surface area contributed by atoms with Crippen LogP contribution in [0.3, 0.4) is 0 Å². The minimum Gasteiger partial charge on any atom is -0.365 e. The fraction of sp³-hybridized carbons (Fsp3) is 0.0870. The second-order valence-electron chi connectivity index (χ2n) is 13.0. The van der Waals surface area contributed by atoms with E-state index in [9.17, 15) is 0 Å². The molecule has 0 radical (unpaired) electrons. The summed E-state index contributed by atoms with van der Waals surface area (Å²) < 4.78 is 2.30. The van der Waals surface area contributed by atoms with Crippen molar-refractivity contribution in [2.45, 2.75) is 11.5 Å². The number of nitrogens with zero attached hydrogens (tertiary/aromatic N) is 2. The van der Waals surface area contributed by atoms with E-state index in [2.05, 4.69) is 200 Å². The molecule has 0 bridgehead atoms. The standard InChI is InChI=1S/C46H36N2/c1-47-31-38(36-27-15-17-29-39(36)47)45-46(35-25-13-6-14-26-35)43(34-23-11-5-12-24-34)41(32-19-7-3-8-20-32)42(33-21-9-4-10-22-33)44(46)37-28-16-18-30-40(37)48(45)2/h3-31,45H,1-2H3/t45-,46-/m1/s1. The number of aromatic nitrogens is 1. The Bertz CT molecular complexity index is 2350. The molecule has 2 heteroatoms. The van der Waals surface area contributed by atoms with Crippen LogP contribution in [-0.4, -0.2) is 11.6 Å². The quantitative estimate of drug-likeness (QED) is 0.187. The molecular formula is C46H36N2. The lowest BCUT2D eigenvalue weighted by Crippen LogP contribution is -2.47. The topological polar surface area (TPSA) is 8.17 Å². The highest BCUT2D eigenvalue weighted by atomic mass is 15.2. The van der Waals surface area contributed by atoms with Crippen molar-refractivity contribution in [1.29, 1.82) is 0 Å². The average molecular weight is 617 g/mol. The van der Waals surface area contributed by atoms with E-state index in [0.717, 1.165) is 0 Å². The third kappa shape index (κ3) is 3.99. The van der Waals surface area contributed by atoms with Gasteiger partial charge in [0.15, 0.2) is 0 Å². The first kappa shape index (κ1) is 28.4. The number of anilines is 1. The molecule has 6 aromatic carbocycles. The van der Waals surface area contributed by atoms with Crippen LogP contribution < -0.4 is 4.90 Å². The summed E-state index contributed by atoms with van der Waals surface area (Å²) in [5, 5.41) is 1.28. The lowest BCUT2D eigenvalue weighted by atomic mass is 9.58. The van der Waals surface area contributed by atoms with Crippen LogP contribution in [0, 0.1) is 0 Å². The van der Waals surface area contributed by atoms with Gasteiger partial charge in [-0.05, 0) is 56.7 Å². The first-order valence-corrected chi connectivity index (χ1v) is 16.8. The van der Waals surface area contributed by atoms with Crippen LogP contribution in [0.1, 0.15) is 39.4 Å². The van der Waals surface area contributed by atoms with Crippen LogP contribution in [-0.2, 0) is 12.5 Å². The molecule has 1 aliphatic heterocycles. The molecule has 0 spiro atoms. The van der Waals surface area contributed by atoms with E-state index in [1.807, 2.05) is 0 Å². The van der Waals surface area contributed by atoms with Crippen LogP contribution in [0.25, 0.3) is 33.2 Å². The minimum atomic E-state index is -0.577. The summed E-state index contributed by atoms with van der Waals surface area (Å²) in [6.07, 6.45) is 2.38. The molecule has 2 heterocycles. The summed E-state index contributed by atoms with van der Waals surface area (Å²) in [7, 11) is 4.49. The van der Waals surface area contributed by atoms with Crippen LogP contribution in [0.5, 0.6) is 0 Å². The normalized spacial score (nSPS) is 18.7. The Kier molecular flexibility index (Phi) is 6.58. The van der Waals surface area contributed by atoms with Crippen molar-refractivity contribution >= 4 is 38.9 Å².